The Balaban J connectivity index is 1.71. The van der Waals surface area contributed by atoms with E-state index in [1.165, 1.54) is 12.8 Å². The molecule has 0 spiro atoms. The number of methoxy groups -OCH3 is 1. The molecule has 1 aliphatic carbocycles. The molecule has 6 nitrogen and oxygen atoms in total. The highest BCUT2D eigenvalue weighted by Crippen LogP contribution is 2.30. The van der Waals surface area contributed by atoms with Crippen LogP contribution < -0.4 is 15.2 Å². The van der Waals surface area contributed by atoms with E-state index in [0.29, 0.717) is 56.4 Å². The fraction of sp³-hybridized carbons (Fsp3) is 0.643. The van der Waals surface area contributed by atoms with E-state index in [0.717, 1.165) is 0 Å². The summed E-state index contributed by atoms with van der Waals surface area (Å²) in [6.07, 6.45) is 2.46. The van der Waals surface area contributed by atoms with Crippen LogP contribution in [0.2, 0.25) is 0 Å². The standard InChI is InChI=1S/C14H22N2O4/c1-17-6-7-18-8-9-19-13-5-4-12(15)14(16-13)20-10-11-2-3-11/h4-5,11H,2-3,6-10,15H2,1H3. The Morgan fingerprint density at radius 3 is 2.70 bits per heavy atom. The van der Waals surface area contributed by atoms with E-state index in [-0.39, 0.29) is 0 Å². The van der Waals surface area contributed by atoms with E-state index >= 15 is 0 Å². The molecule has 0 saturated heterocycles. The molecule has 6 heteroatoms. The van der Waals surface area contributed by atoms with Crippen molar-refractivity contribution in [2.24, 2.45) is 5.92 Å². The number of hydrogen-bond acceptors (Lipinski definition) is 6. The fourth-order valence-electron chi connectivity index (χ4n) is 1.56. The summed E-state index contributed by atoms with van der Waals surface area (Å²) in [5.74, 6) is 1.62. The van der Waals surface area contributed by atoms with Gasteiger partial charge in [0.2, 0.25) is 11.8 Å². The van der Waals surface area contributed by atoms with Crippen molar-refractivity contribution >= 4 is 5.69 Å². The molecule has 1 aromatic heterocycles. The second-order valence-electron chi connectivity index (χ2n) is 4.75. The van der Waals surface area contributed by atoms with E-state index in [4.69, 9.17) is 24.7 Å². The number of rotatable bonds is 10. The first-order valence-corrected chi connectivity index (χ1v) is 6.88. The van der Waals surface area contributed by atoms with Crippen molar-refractivity contribution in [1.29, 1.82) is 0 Å². The second kappa shape index (κ2) is 7.91. The molecule has 0 unspecified atom stereocenters. The van der Waals surface area contributed by atoms with Gasteiger partial charge in [-0.2, -0.15) is 4.98 Å². The molecule has 20 heavy (non-hydrogen) atoms. The van der Waals surface area contributed by atoms with Gasteiger partial charge in [0.25, 0.3) is 0 Å². The Morgan fingerprint density at radius 1 is 1.15 bits per heavy atom. The number of anilines is 1. The Morgan fingerprint density at radius 2 is 1.95 bits per heavy atom. The van der Waals surface area contributed by atoms with Crippen LogP contribution in [0, 0.1) is 5.92 Å². The zero-order valence-corrected chi connectivity index (χ0v) is 11.8. The molecule has 1 heterocycles. The maximum atomic E-state index is 5.82. The molecule has 1 aromatic rings. The van der Waals surface area contributed by atoms with Gasteiger partial charge in [-0.15, -0.1) is 0 Å². The van der Waals surface area contributed by atoms with Crippen LogP contribution in [0.4, 0.5) is 5.69 Å². The highest BCUT2D eigenvalue weighted by molar-refractivity contribution is 5.49. The predicted molar refractivity (Wildman–Crippen MR) is 75.1 cm³/mol. The monoisotopic (exact) mass is 282 g/mol. The van der Waals surface area contributed by atoms with E-state index < -0.39 is 0 Å². The van der Waals surface area contributed by atoms with Gasteiger partial charge in [0.05, 0.1) is 32.1 Å². The van der Waals surface area contributed by atoms with Gasteiger partial charge in [0.1, 0.15) is 6.61 Å². The van der Waals surface area contributed by atoms with E-state index in [9.17, 15) is 0 Å². The summed E-state index contributed by atoms with van der Waals surface area (Å²) in [4.78, 5) is 4.26. The molecule has 0 bridgehead atoms. The number of pyridine rings is 1. The molecule has 2 N–H and O–H groups in total. The lowest BCUT2D eigenvalue weighted by molar-refractivity contribution is 0.0535. The van der Waals surface area contributed by atoms with Gasteiger partial charge in [-0.1, -0.05) is 0 Å². The van der Waals surface area contributed by atoms with Crippen LogP contribution in [-0.2, 0) is 9.47 Å². The third kappa shape index (κ3) is 5.22. The fourth-order valence-corrected chi connectivity index (χ4v) is 1.56. The van der Waals surface area contributed by atoms with Gasteiger partial charge in [-0.3, -0.25) is 0 Å². The van der Waals surface area contributed by atoms with Crippen LogP contribution in [-0.4, -0.2) is 45.1 Å². The zero-order chi connectivity index (χ0) is 14.2. The number of aromatic nitrogens is 1. The first-order chi connectivity index (χ1) is 9.79. The number of nitrogens with two attached hydrogens (primary N) is 1. The van der Waals surface area contributed by atoms with Gasteiger partial charge in [-0.25, -0.2) is 0 Å². The van der Waals surface area contributed by atoms with E-state index in [1.54, 1.807) is 19.2 Å². The Kier molecular flexibility index (Phi) is 5.88. The average molecular weight is 282 g/mol. The summed E-state index contributed by atoms with van der Waals surface area (Å²) < 4.78 is 21.3. The molecule has 1 aliphatic rings. The minimum absolute atomic E-state index is 0.433. The maximum Gasteiger partial charge on any atom is 0.240 e. The highest BCUT2D eigenvalue weighted by Gasteiger charge is 2.22. The Hall–Kier alpha value is -1.53. The van der Waals surface area contributed by atoms with Gasteiger partial charge in [0, 0.05) is 13.2 Å². The molecule has 0 atom stereocenters. The van der Waals surface area contributed by atoms with Gasteiger partial charge < -0.3 is 24.7 Å². The molecule has 112 valence electrons. The minimum atomic E-state index is 0.433. The molecule has 1 saturated carbocycles. The van der Waals surface area contributed by atoms with Crippen molar-refractivity contribution in [1.82, 2.24) is 4.98 Å². The number of nitrogens with zero attached hydrogens (tertiary/aromatic N) is 1. The van der Waals surface area contributed by atoms with E-state index in [1.807, 2.05) is 0 Å². The highest BCUT2D eigenvalue weighted by atomic mass is 16.5. The summed E-state index contributed by atoms with van der Waals surface area (Å²) in [5, 5.41) is 0. The van der Waals surface area contributed by atoms with Crippen molar-refractivity contribution < 1.29 is 18.9 Å². The lowest BCUT2D eigenvalue weighted by atomic mass is 10.4. The maximum absolute atomic E-state index is 5.82. The number of nitrogen functional groups attached to an aromatic ring is 1. The second-order valence-corrected chi connectivity index (χ2v) is 4.75. The third-order valence-corrected chi connectivity index (χ3v) is 2.93. The third-order valence-electron chi connectivity index (χ3n) is 2.93. The van der Waals surface area contributed by atoms with Crippen LogP contribution >= 0.6 is 0 Å². The van der Waals surface area contributed by atoms with Crippen LogP contribution in [0.1, 0.15) is 12.8 Å². The summed E-state index contributed by atoms with van der Waals surface area (Å²) in [5.41, 5.74) is 6.36. The van der Waals surface area contributed by atoms with Gasteiger partial charge in [-0.05, 0) is 24.8 Å². The first-order valence-electron chi connectivity index (χ1n) is 6.88. The zero-order valence-electron chi connectivity index (χ0n) is 11.8. The molecule has 0 radical (unpaired) electrons. The first kappa shape index (κ1) is 14.9. The van der Waals surface area contributed by atoms with Crippen molar-refractivity contribution in [2.45, 2.75) is 12.8 Å². The van der Waals surface area contributed by atoms with Crippen LogP contribution in [0.25, 0.3) is 0 Å². The average Bonchev–Trinajstić information content (AvgIpc) is 3.27. The quantitative estimate of drug-likeness (QED) is 0.655. The molecule has 0 aromatic carbocycles. The van der Waals surface area contributed by atoms with Crippen molar-refractivity contribution in [3.05, 3.63) is 12.1 Å². The summed E-state index contributed by atoms with van der Waals surface area (Å²) >= 11 is 0. The molecular weight excluding hydrogens is 260 g/mol. The molecule has 0 aliphatic heterocycles. The summed E-state index contributed by atoms with van der Waals surface area (Å²) in [6, 6.07) is 3.48. The number of hydrogen-bond donors (Lipinski definition) is 1. The normalized spacial score (nSPS) is 14.2. The van der Waals surface area contributed by atoms with Crippen LogP contribution in [0.3, 0.4) is 0 Å². The van der Waals surface area contributed by atoms with Crippen molar-refractivity contribution in [3.63, 3.8) is 0 Å². The smallest absolute Gasteiger partial charge is 0.240 e. The minimum Gasteiger partial charge on any atom is -0.476 e. The van der Waals surface area contributed by atoms with Crippen molar-refractivity contribution in [2.75, 3.05) is 45.9 Å². The molecule has 1 fully saturated rings. The van der Waals surface area contributed by atoms with Crippen molar-refractivity contribution in [3.8, 4) is 11.8 Å². The van der Waals surface area contributed by atoms with Crippen LogP contribution in [0.5, 0.6) is 11.8 Å². The SMILES string of the molecule is COCCOCCOc1ccc(N)c(OCC2CC2)n1. The van der Waals surface area contributed by atoms with Crippen LogP contribution in [0.15, 0.2) is 12.1 Å². The Labute approximate surface area is 119 Å². The lowest BCUT2D eigenvalue weighted by Crippen LogP contribution is -2.11. The Bertz CT molecular complexity index is 410. The largest absolute Gasteiger partial charge is 0.476 e. The molecule has 2 rings (SSSR count). The predicted octanol–water partition coefficient (Wildman–Crippen LogP) is 1.49. The topological polar surface area (TPSA) is 75.8 Å². The van der Waals surface area contributed by atoms with Gasteiger partial charge >= 0.3 is 0 Å². The summed E-state index contributed by atoms with van der Waals surface area (Å²) in [6.45, 7) is 2.75. The molecular formula is C14H22N2O4. The molecule has 0 amide bonds. The number of ether oxygens (including phenoxy) is 4. The van der Waals surface area contributed by atoms with E-state index in [2.05, 4.69) is 4.98 Å². The summed E-state index contributed by atoms with van der Waals surface area (Å²) in [7, 11) is 1.64. The lowest BCUT2D eigenvalue weighted by Gasteiger charge is -2.10. The van der Waals surface area contributed by atoms with Gasteiger partial charge in [0.15, 0.2) is 0 Å².